The maximum Gasteiger partial charge on any atom is 0.305 e. The number of rotatable bonds is 60. The van der Waals surface area contributed by atoms with Crippen LogP contribution in [0.15, 0.2) is 36.5 Å². The molecule has 2 unspecified atom stereocenters. The number of aliphatic hydroxyl groups excluding tert-OH is 2. The van der Waals surface area contributed by atoms with Gasteiger partial charge in [-0.1, -0.05) is 307 Å². The molecule has 0 fully saturated rings. The number of aliphatic hydroxyl groups is 2. The highest BCUT2D eigenvalue weighted by Crippen LogP contribution is 2.18. The van der Waals surface area contributed by atoms with Crippen LogP contribution in [0.2, 0.25) is 0 Å². The van der Waals surface area contributed by atoms with E-state index in [1.54, 1.807) is 6.08 Å². The van der Waals surface area contributed by atoms with Crippen molar-refractivity contribution in [1.82, 2.24) is 5.32 Å². The SMILES string of the molecule is CCCCCC/C=C\C/C=C\CCCCCCCCCC(=O)OCCCCCCCCCCCCCCCC(=O)NC(CO)C(O)/C=C/CCCCCCCCCCCCCCCCCCCCCCCC. The summed E-state index contributed by atoms with van der Waals surface area (Å²) in [7, 11) is 0. The molecule has 6 nitrogen and oxygen atoms in total. The van der Waals surface area contributed by atoms with Crippen molar-refractivity contribution in [3.63, 3.8) is 0 Å². The molecule has 0 aliphatic heterocycles. The first-order valence-corrected chi connectivity index (χ1v) is 32.3. The number of unbranched alkanes of at least 4 members (excludes halogenated alkanes) is 45. The molecule has 0 aliphatic carbocycles. The zero-order chi connectivity index (χ0) is 52.2. The standard InChI is InChI=1S/C66H125NO5/c1-3-5-7-9-11-13-15-17-19-21-23-24-25-26-27-28-29-31-34-38-42-46-50-54-58-64(69)63(62-68)67-65(70)59-55-51-47-43-39-35-33-37-41-45-49-53-57-61-72-66(71)60-56-52-48-44-40-36-32-30-22-20-18-16-14-12-10-8-6-4-2/h14,16,20,22,54,58,63-64,68-69H,3-13,15,17-19,21,23-53,55-57,59-62H2,1-2H3,(H,67,70)/b16-14-,22-20-,58-54+. The quantitative estimate of drug-likeness (QED) is 0.0320. The van der Waals surface area contributed by atoms with Crippen LogP contribution in [0.3, 0.4) is 0 Å². The zero-order valence-electron chi connectivity index (χ0n) is 48.4. The van der Waals surface area contributed by atoms with Gasteiger partial charge in [0, 0.05) is 12.8 Å². The van der Waals surface area contributed by atoms with Crippen molar-refractivity contribution in [1.29, 1.82) is 0 Å². The fourth-order valence-electron chi connectivity index (χ4n) is 9.96. The number of amides is 1. The van der Waals surface area contributed by atoms with E-state index in [9.17, 15) is 19.8 Å². The van der Waals surface area contributed by atoms with Gasteiger partial charge in [0.05, 0.1) is 25.4 Å². The molecule has 1 amide bonds. The number of carbonyl (C=O) groups is 2. The normalized spacial score (nSPS) is 12.8. The third kappa shape index (κ3) is 57.4. The highest BCUT2D eigenvalue weighted by atomic mass is 16.5. The van der Waals surface area contributed by atoms with Crippen molar-refractivity contribution in [3.8, 4) is 0 Å². The predicted octanol–water partition coefficient (Wildman–Crippen LogP) is 20.4. The molecule has 0 saturated heterocycles. The van der Waals surface area contributed by atoms with Crippen LogP contribution < -0.4 is 5.32 Å². The second kappa shape index (κ2) is 61.6. The lowest BCUT2D eigenvalue weighted by atomic mass is 10.0. The van der Waals surface area contributed by atoms with Gasteiger partial charge >= 0.3 is 5.97 Å². The van der Waals surface area contributed by atoms with E-state index >= 15 is 0 Å². The number of nitrogens with one attached hydrogen (secondary N) is 1. The van der Waals surface area contributed by atoms with Gasteiger partial charge in [0.1, 0.15) is 0 Å². The van der Waals surface area contributed by atoms with E-state index in [1.807, 2.05) is 6.08 Å². The summed E-state index contributed by atoms with van der Waals surface area (Å²) < 4.78 is 5.48. The number of allylic oxidation sites excluding steroid dienone is 5. The number of ether oxygens (including phenoxy) is 1. The molecule has 72 heavy (non-hydrogen) atoms. The molecule has 2 atom stereocenters. The Labute approximate surface area is 449 Å². The number of hydrogen-bond donors (Lipinski definition) is 3. The van der Waals surface area contributed by atoms with Crippen LogP contribution in [0.5, 0.6) is 0 Å². The largest absolute Gasteiger partial charge is 0.466 e. The maximum atomic E-state index is 12.5. The van der Waals surface area contributed by atoms with Crippen molar-refractivity contribution in [2.75, 3.05) is 13.2 Å². The van der Waals surface area contributed by atoms with E-state index < -0.39 is 12.1 Å². The molecule has 6 heteroatoms. The van der Waals surface area contributed by atoms with Gasteiger partial charge in [-0.3, -0.25) is 9.59 Å². The van der Waals surface area contributed by atoms with Crippen LogP contribution in [0.25, 0.3) is 0 Å². The minimum Gasteiger partial charge on any atom is -0.466 e. The fraction of sp³-hybridized carbons (Fsp3) is 0.879. The average molecular weight is 1010 g/mol. The third-order valence-electron chi connectivity index (χ3n) is 14.9. The van der Waals surface area contributed by atoms with E-state index in [0.29, 0.717) is 19.4 Å². The van der Waals surface area contributed by atoms with E-state index in [-0.39, 0.29) is 18.5 Å². The smallest absolute Gasteiger partial charge is 0.305 e. The van der Waals surface area contributed by atoms with Crippen LogP contribution in [0, 0.1) is 0 Å². The lowest BCUT2D eigenvalue weighted by Gasteiger charge is -2.20. The lowest BCUT2D eigenvalue weighted by molar-refractivity contribution is -0.143. The van der Waals surface area contributed by atoms with Crippen molar-refractivity contribution in [2.45, 2.75) is 360 Å². The van der Waals surface area contributed by atoms with Gasteiger partial charge in [0.2, 0.25) is 5.91 Å². The molecule has 0 aliphatic rings. The molecule has 0 radical (unpaired) electrons. The summed E-state index contributed by atoms with van der Waals surface area (Å²) in [6.45, 7) is 4.88. The van der Waals surface area contributed by atoms with E-state index in [4.69, 9.17) is 4.74 Å². The van der Waals surface area contributed by atoms with Crippen LogP contribution >= 0.6 is 0 Å². The number of hydrogen-bond acceptors (Lipinski definition) is 5. The van der Waals surface area contributed by atoms with Crippen LogP contribution in [0.1, 0.15) is 348 Å². The summed E-state index contributed by atoms with van der Waals surface area (Å²) in [5, 5.41) is 23.2. The van der Waals surface area contributed by atoms with Gasteiger partial charge < -0.3 is 20.3 Å². The Bertz CT molecular complexity index is 1170. The summed E-state index contributed by atoms with van der Waals surface area (Å²) in [5.41, 5.74) is 0. The Morgan fingerprint density at radius 2 is 0.694 bits per heavy atom. The third-order valence-corrected chi connectivity index (χ3v) is 14.9. The second-order valence-corrected chi connectivity index (χ2v) is 22.1. The molecule has 0 rings (SSSR count). The molecule has 424 valence electrons. The average Bonchev–Trinajstić information content (AvgIpc) is 3.38. The van der Waals surface area contributed by atoms with Gasteiger partial charge in [-0.25, -0.2) is 0 Å². The highest BCUT2D eigenvalue weighted by Gasteiger charge is 2.18. The molecule has 0 saturated carbocycles. The van der Waals surface area contributed by atoms with Crippen LogP contribution in [-0.4, -0.2) is 47.4 Å². The molecule has 3 N–H and O–H groups in total. The van der Waals surface area contributed by atoms with E-state index in [0.717, 1.165) is 64.2 Å². The Hall–Kier alpha value is -1.92. The van der Waals surface area contributed by atoms with E-state index in [1.165, 1.54) is 257 Å². The predicted molar refractivity (Wildman–Crippen MR) is 315 cm³/mol. The second-order valence-electron chi connectivity index (χ2n) is 22.1. The Morgan fingerprint density at radius 3 is 1.07 bits per heavy atom. The molecule has 0 spiro atoms. The molecule has 0 aromatic rings. The molecule has 0 heterocycles. The van der Waals surface area contributed by atoms with Crippen molar-refractivity contribution in [2.24, 2.45) is 0 Å². The summed E-state index contributed by atoms with van der Waals surface area (Å²) in [4.78, 5) is 24.6. The Morgan fingerprint density at radius 1 is 0.389 bits per heavy atom. The molecular formula is C66H125NO5. The fourth-order valence-corrected chi connectivity index (χ4v) is 9.96. The van der Waals surface area contributed by atoms with Crippen molar-refractivity contribution >= 4 is 11.9 Å². The zero-order valence-corrected chi connectivity index (χ0v) is 48.4. The molecule has 0 bridgehead atoms. The maximum absolute atomic E-state index is 12.5. The van der Waals surface area contributed by atoms with Gasteiger partial charge in [0.25, 0.3) is 0 Å². The summed E-state index contributed by atoms with van der Waals surface area (Å²) in [6, 6.07) is -0.640. The monoisotopic (exact) mass is 1010 g/mol. The van der Waals surface area contributed by atoms with Gasteiger partial charge in [-0.05, 0) is 64.2 Å². The van der Waals surface area contributed by atoms with Crippen molar-refractivity contribution in [3.05, 3.63) is 36.5 Å². The topological polar surface area (TPSA) is 95.9 Å². The number of esters is 1. The summed E-state index contributed by atoms with van der Waals surface area (Å²) >= 11 is 0. The first kappa shape index (κ1) is 70.1. The van der Waals surface area contributed by atoms with Crippen LogP contribution in [0.4, 0.5) is 0 Å². The molecular weight excluding hydrogens is 887 g/mol. The molecule has 0 aromatic heterocycles. The first-order chi connectivity index (χ1) is 35.5. The highest BCUT2D eigenvalue weighted by molar-refractivity contribution is 5.76. The van der Waals surface area contributed by atoms with E-state index in [2.05, 4.69) is 43.5 Å². The van der Waals surface area contributed by atoms with Gasteiger partial charge in [-0.15, -0.1) is 0 Å². The van der Waals surface area contributed by atoms with Gasteiger partial charge in [-0.2, -0.15) is 0 Å². The Kier molecular flexibility index (Phi) is 60.0. The number of carbonyl (C=O) groups excluding carboxylic acids is 2. The first-order valence-electron chi connectivity index (χ1n) is 32.3. The minimum atomic E-state index is -0.855. The van der Waals surface area contributed by atoms with Crippen LogP contribution in [-0.2, 0) is 14.3 Å². The Balaban J connectivity index is 3.47. The minimum absolute atomic E-state index is 0.0135. The van der Waals surface area contributed by atoms with Gasteiger partial charge in [0.15, 0.2) is 0 Å². The summed E-state index contributed by atoms with van der Waals surface area (Å²) in [6.07, 6.45) is 77.5. The summed E-state index contributed by atoms with van der Waals surface area (Å²) in [5.74, 6) is -0.0915. The molecule has 0 aromatic carbocycles. The lowest BCUT2D eigenvalue weighted by Crippen LogP contribution is -2.45. The van der Waals surface area contributed by atoms with Crippen molar-refractivity contribution < 1.29 is 24.5 Å².